The zero-order chi connectivity index (χ0) is 18.4. The number of methoxy groups -OCH3 is 2. The van der Waals surface area contributed by atoms with E-state index in [1.807, 2.05) is 31.2 Å². The summed E-state index contributed by atoms with van der Waals surface area (Å²) in [6.07, 6.45) is 0. The van der Waals surface area contributed by atoms with Crippen LogP contribution in [0.1, 0.15) is 22.8 Å². The molecular formula is C19H22INO4. The second-order valence-corrected chi connectivity index (χ2v) is 6.55. The van der Waals surface area contributed by atoms with Crippen LogP contribution in [-0.2, 0) is 6.54 Å². The lowest BCUT2D eigenvalue weighted by Gasteiger charge is -2.20. The highest BCUT2D eigenvalue weighted by Gasteiger charge is 2.19. The first kappa shape index (κ1) is 19.4. The fourth-order valence-corrected chi connectivity index (χ4v) is 3.15. The smallest absolute Gasteiger partial charge is 0.255 e. The third-order valence-corrected chi connectivity index (χ3v) is 4.62. The molecule has 0 aromatic heterocycles. The Morgan fingerprint density at radius 1 is 1.08 bits per heavy atom. The average Bonchev–Trinajstić information content (AvgIpc) is 2.62. The van der Waals surface area contributed by atoms with Crippen LogP contribution in [0.25, 0.3) is 0 Å². The highest BCUT2D eigenvalue weighted by molar-refractivity contribution is 14.1. The summed E-state index contributed by atoms with van der Waals surface area (Å²) in [4.78, 5) is 14.6. The van der Waals surface area contributed by atoms with E-state index in [1.165, 1.54) is 0 Å². The molecule has 2 aromatic carbocycles. The van der Waals surface area contributed by atoms with Gasteiger partial charge in [-0.1, -0.05) is 18.2 Å². The summed E-state index contributed by atoms with van der Waals surface area (Å²) in [5, 5.41) is 0. The molecule has 0 spiro atoms. The molecule has 0 aliphatic heterocycles. The lowest BCUT2D eigenvalue weighted by Crippen LogP contribution is -2.27. The van der Waals surface area contributed by atoms with Crippen molar-refractivity contribution in [3.63, 3.8) is 0 Å². The average molecular weight is 455 g/mol. The second-order valence-electron chi connectivity index (χ2n) is 5.39. The van der Waals surface area contributed by atoms with Crippen LogP contribution in [0, 0.1) is 3.57 Å². The molecule has 0 N–H and O–H groups in total. The monoisotopic (exact) mass is 455 g/mol. The standard InChI is InChI=1S/C19H22INO4/c1-5-25-16-9-7-6-8-13(16)12-21(2)19(22)14-10-17(23-3)18(24-4)11-15(14)20/h6-11H,5,12H2,1-4H3. The Balaban J connectivity index is 2.26. The second kappa shape index (κ2) is 8.94. The van der Waals surface area contributed by atoms with Gasteiger partial charge in [-0.15, -0.1) is 0 Å². The van der Waals surface area contributed by atoms with Gasteiger partial charge in [0.15, 0.2) is 11.5 Å². The van der Waals surface area contributed by atoms with Gasteiger partial charge in [0.05, 0.1) is 26.4 Å². The minimum atomic E-state index is -0.0864. The fourth-order valence-electron chi connectivity index (χ4n) is 2.48. The molecule has 25 heavy (non-hydrogen) atoms. The van der Waals surface area contributed by atoms with Gasteiger partial charge in [0.1, 0.15) is 5.75 Å². The number of para-hydroxylation sites is 1. The highest BCUT2D eigenvalue weighted by atomic mass is 127. The summed E-state index contributed by atoms with van der Waals surface area (Å²) in [5.74, 6) is 1.85. The van der Waals surface area contributed by atoms with Crippen LogP contribution in [0.4, 0.5) is 0 Å². The van der Waals surface area contributed by atoms with Crippen molar-refractivity contribution in [1.29, 1.82) is 0 Å². The predicted octanol–water partition coefficient (Wildman–Crippen LogP) is 3.98. The molecule has 0 unspecified atom stereocenters. The zero-order valence-corrected chi connectivity index (χ0v) is 17.0. The Hall–Kier alpha value is -1.96. The molecule has 0 fully saturated rings. The Morgan fingerprint density at radius 2 is 1.72 bits per heavy atom. The molecule has 134 valence electrons. The normalized spacial score (nSPS) is 10.3. The minimum Gasteiger partial charge on any atom is -0.494 e. The van der Waals surface area contributed by atoms with Crippen molar-refractivity contribution >= 4 is 28.5 Å². The number of rotatable bonds is 7. The molecule has 0 aliphatic carbocycles. The van der Waals surface area contributed by atoms with Gasteiger partial charge in [-0.3, -0.25) is 4.79 Å². The van der Waals surface area contributed by atoms with E-state index < -0.39 is 0 Å². The van der Waals surface area contributed by atoms with Gasteiger partial charge < -0.3 is 19.1 Å². The third-order valence-electron chi connectivity index (χ3n) is 3.73. The molecule has 0 saturated carbocycles. The maximum Gasteiger partial charge on any atom is 0.255 e. The lowest BCUT2D eigenvalue weighted by atomic mass is 10.1. The number of halogens is 1. The molecule has 2 aromatic rings. The van der Waals surface area contributed by atoms with Gasteiger partial charge in [-0.25, -0.2) is 0 Å². The van der Waals surface area contributed by atoms with E-state index in [9.17, 15) is 4.79 Å². The number of benzene rings is 2. The van der Waals surface area contributed by atoms with Crippen LogP contribution in [0.15, 0.2) is 36.4 Å². The van der Waals surface area contributed by atoms with E-state index in [-0.39, 0.29) is 5.91 Å². The van der Waals surface area contributed by atoms with Crippen molar-refractivity contribution in [2.45, 2.75) is 13.5 Å². The Labute approximate surface area is 162 Å². The van der Waals surface area contributed by atoms with E-state index in [0.717, 1.165) is 14.9 Å². The zero-order valence-electron chi connectivity index (χ0n) is 14.8. The van der Waals surface area contributed by atoms with Gasteiger partial charge in [-0.05, 0) is 47.7 Å². The topological polar surface area (TPSA) is 48.0 Å². The first-order chi connectivity index (χ1) is 12.0. The maximum absolute atomic E-state index is 12.9. The molecule has 0 heterocycles. The molecule has 0 atom stereocenters. The number of carbonyl (C=O) groups is 1. The number of nitrogens with zero attached hydrogens (tertiary/aromatic N) is 1. The Morgan fingerprint density at radius 3 is 2.36 bits per heavy atom. The number of hydrogen-bond donors (Lipinski definition) is 0. The van der Waals surface area contributed by atoms with Crippen molar-refractivity contribution < 1.29 is 19.0 Å². The Bertz CT molecular complexity index is 748. The van der Waals surface area contributed by atoms with Crippen molar-refractivity contribution in [2.24, 2.45) is 0 Å². The number of hydrogen-bond acceptors (Lipinski definition) is 4. The van der Waals surface area contributed by atoms with Crippen LogP contribution in [0.2, 0.25) is 0 Å². The molecule has 0 aliphatic rings. The van der Waals surface area contributed by atoms with Gasteiger partial charge in [0, 0.05) is 22.7 Å². The molecule has 5 nitrogen and oxygen atoms in total. The van der Waals surface area contributed by atoms with Crippen molar-refractivity contribution in [3.05, 3.63) is 51.1 Å². The molecule has 2 rings (SSSR count). The minimum absolute atomic E-state index is 0.0864. The van der Waals surface area contributed by atoms with Crippen LogP contribution in [0.3, 0.4) is 0 Å². The Kier molecular flexibility index (Phi) is 6.92. The van der Waals surface area contributed by atoms with Gasteiger partial charge in [-0.2, -0.15) is 0 Å². The molecule has 0 bridgehead atoms. The summed E-state index contributed by atoms with van der Waals surface area (Å²) in [7, 11) is 4.91. The quantitative estimate of drug-likeness (QED) is 0.593. The fraction of sp³-hybridized carbons (Fsp3) is 0.316. The van der Waals surface area contributed by atoms with Crippen LogP contribution >= 0.6 is 22.6 Å². The van der Waals surface area contributed by atoms with Gasteiger partial charge >= 0.3 is 0 Å². The van der Waals surface area contributed by atoms with E-state index in [1.54, 1.807) is 38.3 Å². The molecule has 0 saturated heterocycles. The van der Waals surface area contributed by atoms with Gasteiger partial charge in [0.25, 0.3) is 5.91 Å². The van der Waals surface area contributed by atoms with Crippen LogP contribution < -0.4 is 14.2 Å². The first-order valence-corrected chi connectivity index (χ1v) is 8.97. The SMILES string of the molecule is CCOc1ccccc1CN(C)C(=O)c1cc(OC)c(OC)cc1I. The summed E-state index contributed by atoms with van der Waals surface area (Å²) < 4.78 is 17.0. The third kappa shape index (κ3) is 4.56. The number of carbonyl (C=O) groups excluding carboxylic acids is 1. The first-order valence-electron chi connectivity index (χ1n) is 7.89. The van der Waals surface area contributed by atoms with Crippen LogP contribution in [-0.4, -0.2) is 38.7 Å². The number of amides is 1. The van der Waals surface area contributed by atoms with E-state index >= 15 is 0 Å². The lowest BCUT2D eigenvalue weighted by molar-refractivity contribution is 0.0782. The van der Waals surface area contributed by atoms with E-state index in [0.29, 0.717) is 30.2 Å². The van der Waals surface area contributed by atoms with Crippen LogP contribution in [0.5, 0.6) is 17.2 Å². The summed E-state index contributed by atoms with van der Waals surface area (Å²) in [6.45, 7) is 2.99. The molecule has 0 radical (unpaired) electrons. The largest absolute Gasteiger partial charge is 0.494 e. The predicted molar refractivity (Wildman–Crippen MR) is 106 cm³/mol. The molecule has 1 amide bonds. The summed E-state index contributed by atoms with van der Waals surface area (Å²) in [5.41, 5.74) is 1.55. The summed E-state index contributed by atoms with van der Waals surface area (Å²) in [6, 6.07) is 11.3. The summed E-state index contributed by atoms with van der Waals surface area (Å²) >= 11 is 2.13. The van der Waals surface area contributed by atoms with E-state index in [2.05, 4.69) is 22.6 Å². The van der Waals surface area contributed by atoms with Gasteiger partial charge in [0.2, 0.25) is 0 Å². The highest BCUT2D eigenvalue weighted by Crippen LogP contribution is 2.32. The van der Waals surface area contributed by atoms with Crippen molar-refractivity contribution in [2.75, 3.05) is 27.9 Å². The van der Waals surface area contributed by atoms with Crippen molar-refractivity contribution in [1.82, 2.24) is 4.90 Å². The molecular weight excluding hydrogens is 433 g/mol. The van der Waals surface area contributed by atoms with E-state index in [4.69, 9.17) is 14.2 Å². The number of ether oxygens (including phenoxy) is 3. The van der Waals surface area contributed by atoms with Crippen molar-refractivity contribution in [3.8, 4) is 17.2 Å². The molecule has 6 heteroatoms. The maximum atomic E-state index is 12.9.